The van der Waals surface area contributed by atoms with E-state index in [0.29, 0.717) is 6.42 Å². The first kappa shape index (κ1) is 9.43. The van der Waals surface area contributed by atoms with Crippen LogP contribution in [0.3, 0.4) is 0 Å². The second kappa shape index (κ2) is 3.65. The molecule has 0 spiro atoms. The van der Waals surface area contributed by atoms with Crippen LogP contribution in [0, 0.1) is 0 Å². The second-order valence-corrected chi connectivity index (χ2v) is 3.92. The van der Waals surface area contributed by atoms with Crippen LogP contribution in [0.25, 0.3) is 21.7 Å². The lowest BCUT2D eigenvalue weighted by Gasteiger charge is -1.95. The Balaban J connectivity index is 2.25. The molecule has 0 fully saturated rings. The predicted molar refractivity (Wildman–Crippen MR) is 64.5 cm³/mol. The third-order valence-electron chi connectivity index (χ3n) is 2.79. The second-order valence-electron chi connectivity index (χ2n) is 3.92. The first-order chi connectivity index (χ1) is 7.86. The molecule has 1 heterocycles. The zero-order valence-corrected chi connectivity index (χ0v) is 8.81. The van der Waals surface area contributed by atoms with Gasteiger partial charge in [0.15, 0.2) is 0 Å². The van der Waals surface area contributed by atoms with Crippen molar-refractivity contribution in [2.45, 2.75) is 6.42 Å². The smallest absolute Gasteiger partial charge is 0.134 e. The van der Waals surface area contributed by atoms with Crippen molar-refractivity contribution in [1.82, 2.24) is 0 Å². The number of aliphatic hydroxyl groups excluding tert-OH is 1. The van der Waals surface area contributed by atoms with Gasteiger partial charge in [-0.05, 0) is 29.0 Å². The maximum atomic E-state index is 8.87. The summed E-state index contributed by atoms with van der Waals surface area (Å²) >= 11 is 0. The lowest BCUT2D eigenvalue weighted by molar-refractivity contribution is 0.289. The minimum Gasteiger partial charge on any atom is -0.461 e. The molecule has 0 saturated carbocycles. The van der Waals surface area contributed by atoms with E-state index in [1.54, 1.807) is 0 Å². The Bertz CT molecular complexity index is 585. The minimum absolute atomic E-state index is 0.124. The van der Waals surface area contributed by atoms with E-state index in [1.807, 2.05) is 24.3 Å². The van der Waals surface area contributed by atoms with Crippen LogP contribution in [0.5, 0.6) is 0 Å². The number of hydrogen-bond acceptors (Lipinski definition) is 2. The van der Waals surface area contributed by atoms with Crippen molar-refractivity contribution >= 4 is 21.7 Å². The van der Waals surface area contributed by atoms with Gasteiger partial charge in [0.2, 0.25) is 0 Å². The summed E-state index contributed by atoms with van der Waals surface area (Å²) in [5.74, 6) is 0.841. The van der Waals surface area contributed by atoms with Crippen molar-refractivity contribution in [2.75, 3.05) is 6.61 Å². The van der Waals surface area contributed by atoms with Gasteiger partial charge in [-0.1, -0.05) is 24.3 Å². The van der Waals surface area contributed by atoms with Crippen LogP contribution in [0.4, 0.5) is 0 Å². The van der Waals surface area contributed by atoms with Gasteiger partial charge in [-0.25, -0.2) is 0 Å². The van der Waals surface area contributed by atoms with Crippen LogP contribution in [0.2, 0.25) is 0 Å². The molecule has 0 aliphatic carbocycles. The van der Waals surface area contributed by atoms with Gasteiger partial charge < -0.3 is 9.52 Å². The van der Waals surface area contributed by atoms with E-state index in [0.717, 1.165) is 16.7 Å². The third-order valence-corrected chi connectivity index (χ3v) is 2.79. The number of fused-ring (bicyclic) bond motifs is 2. The van der Waals surface area contributed by atoms with Crippen molar-refractivity contribution < 1.29 is 9.52 Å². The van der Waals surface area contributed by atoms with Gasteiger partial charge in [0, 0.05) is 11.8 Å². The standard InChI is InChI=1S/C14H12O2/c15-6-5-13-8-12-7-10-3-1-2-4-11(10)9-14(12)16-13/h1-4,7-9,15H,5-6H2. The van der Waals surface area contributed by atoms with Gasteiger partial charge in [0.25, 0.3) is 0 Å². The molecule has 1 aromatic heterocycles. The molecule has 0 bridgehead atoms. The first-order valence-corrected chi connectivity index (χ1v) is 5.39. The van der Waals surface area contributed by atoms with Crippen LogP contribution in [-0.2, 0) is 6.42 Å². The van der Waals surface area contributed by atoms with Crippen molar-refractivity contribution in [3.8, 4) is 0 Å². The average molecular weight is 212 g/mol. The zero-order chi connectivity index (χ0) is 11.0. The molecule has 0 saturated heterocycles. The maximum Gasteiger partial charge on any atom is 0.134 e. The first-order valence-electron chi connectivity index (χ1n) is 5.39. The molecule has 16 heavy (non-hydrogen) atoms. The van der Waals surface area contributed by atoms with Gasteiger partial charge in [-0.2, -0.15) is 0 Å². The van der Waals surface area contributed by atoms with Gasteiger partial charge in [0.1, 0.15) is 11.3 Å². The maximum absolute atomic E-state index is 8.87. The highest BCUT2D eigenvalue weighted by molar-refractivity contribution is 5.96. The van der Waals surface area contributed by atoms with Crippen LogP contribution in [0.15, 0.2) is 46.9 Å². The molecule has 2 nitrogen and oxygen atoms in total. The molecular weight excluding hydrogens is 200 g/mol. The topological polar surface area (TPSA) is 33.4 Å². The van der Waals surface area contributed by atoms with Crippen LogP contribution < -0.4 is 0 Å². The molecule has 0 aliphatic rings. The summed E-state index contributed by atoms with van der Waals surface area (Å²) in [6, 6.07) is 14.4. The summed E-state index contributed by atoms with van der Waals surface area (Å²) in [6.45, 7) is 0.124. The predicted octanol–water partition coefficient (Wildman–Crippen LogP) is 3.12. The summed E-state index contributed by atoms with van der Waals surface area (Å²) < 4.78 is 5.66. The van der Waals surface area contributed by atoms with E-state index in [9.17, 15) is 0 Å². The van der Waals surface area contributed by atoms with Crippen molar-refractivity contribution in [1.29, 1.82) is 0 Å². The number of benzene rings is 2. The molecule has 3 rings (SSSR count). The summed E-state index contributed by atoms with van der Waals surface area (Å²) in [7, 11) is 0. The number of aliphatic hydroxyl groups is 1. The van der Waals surface area contributed by atoms with Crippen molar-refractivity contribution in [3.05, 3.63) is 48.2 Å². The Morgan fingerprint density at radius 3 is 2.44 bits per heavy atom. The quantitative estimate of drug-likeness (QED) is 0.708. The number of furan rings is 1. The zero-order valence-electron chi connectivity index (χ0n) is 8.81. The summed E-state index contributed by atoms with van der Waals surface area (Å²) in [6.07, 6.45) is 0.574. The summed E-state index contributed by atoms with van der Waals surface area (Å²) in [5.41, 5.74) is 0.891. The molecule has 0 atom stereocenters. The Morgan fingerprint density at radius 2 is 1.69 bits per heavy atom. The highest BCUT2D eigenvalue weighted by Gasteiger charge is 2.04. The fourth-order valence-electron chi connectivity index (χ4n) is 2.02. The minimum atomic E-state index is 0.124. The Kier molecular flexibility index (Phi) is 2.15. The largest absolute Gasteiger partial charge is 0.461 e. The van der Waals surface area contributed by atoms with Gasteiger partial charge in [-0.3, -0.25) is 0 Å². The monoisotopic (exact) mass is 212 g/mol. The van der Waals surface area contributed by atoms with Gasteiger partial charge in [0.05, 0.1) is 6.61 Å². The Hall–Kier alpha value is -1.80. The summed E-state index contributed by atoms with van der Waals surface area (Å²) in [4.78, 5) is 0. The van der Waals surface area contributed by atoms with Crippen LogP contribution >= 0.6 is 0 Å². The van der Waals surface area contributed by atoms with E-state index >= 15 is 0 Å². The van der Waals surface area contributed by atoms with E-state index in [-0.39, 0.29) is 6.61 Å². The third kappa shape index (κ3) is 1.48. The fraction of sp³-hybridized carbons (Fsp3) is 0.143. The van der Waals surface area contributed by atoms with Gasteiger partial charge >= 0.3 is 0 Å². The van der Waals surface area contributed by atoms with Crippen molar-refractivity contribution in [2.24, 2.45) is 0 Å². The molecule has 2 aromatic carbocycles. The molecular formula is C14H12O2. The Morgan fingerprint density at radius 1 is 0.938 bits per heavy atom. The highest BCUT2D eigenvalue weighted by atomic mass is 16.3. The van der Waals surface area contributed by atoms with Gasteiger partial charge in [-0.15, -0.1) is 0 Å². The molecule has 2 heteroatoms. The summed E-state index contributed by atoms with van der Waals surface area (Å²) in [5, 5.41) is 12.4. The average Bonchev–Trinajstić information content (AvgIpc) is 2.67. The van der Waals surface area contributed by atoms with Crippen LogP contribution in [-0.4, -0.2) is 11.7 Å². The lowest BCUT2D eigenvalue weighted by atomic mass is 10.1. The van der Waals surface area contributed by atoms with E-state index in [2.05, 4.69) is 18.2 Å². The van der Waals surface area contributed by atoms with Crippen molar-refractivity contribution in [3.63, 3.8) is 0 Å². The molecule has 0 unspecified atom stereocenters. The molecule has 0 aliphatic heterocycles. The molecule has 0 radical (unpaired) electrons. The number of rotatable bonds is 2. The van der Waals surface area contributed by atoms with E-state index in [1.165, 1.54) is 10.8 Å². The highest BCUT2D eigenvalue weighted by Crippen LogP contribution is 2.25. The lowest BCUT2D eigenvalue weighted by Crippen LogP contribution is -1.85. The molecule has 3 aromatic rings. The SMILES string of the molecule is OCCc1cc2cc3ccccc3cc2o1. The molecule has 80 valence electrons. The number of hydrogen-bond donors (Lipinski definition) is 1. The Labute approximate surface area is 93.1 Å². The van der Waals surface area contributed by atoms with E-state index < -0.39 is 0 Å². The normalized spacial score (nSPS) is 11.3. The van der Waals surface area contributed by atoms with E-state index in [4.69, 9.17) is 9.52 Å². The van der Waals surface area contributed by atoms with Crippen LogP contribution in [0.1, 0.15) is 5.76 Å². The molecule has 1 N–H and O–H groups in total. The molecule has 0 amide bonds. The fourth-order valence-corrected chi connectivity index (χ4v) is 2.02.